The Kier molecular flexibility index (Phi) is 4.41. The molecule has 1 saturated carbocycles. The maximum Gasteiger partial charge on any atom is 0.261 e. The van der Waals surface area contributed by atoms with E-state index in [0.717, 1.165) is 29.2 Å². The Labute approximate surface area is 146 Å². The average molecular weight is 345 g/mol. The lowest BCUT2D eigenvalue weighted by Crippen LogP contribution is -2.23. The molecule has 2 aliphatic rings. The Bertz CT molecular complexity index is 744. The van der Waals surface area contributed by atoms with Crippen LogP contribution in [-0.4, -0.2) is 22.3 Å². The molecule has 1 fully saturated rings. The number of ether oxygens (including phenoxy) is 1. The van der Waals surface area contributed by atoms with E-state index >= 15 is 0 Å². The highest BCUT2D eigenvalue weighted by Gasteiger charge is 2.27. The fourth-order valence-corrected chi connectivity index (χ4v) is 4.54. The molecule has 0 spiro atoms. The predicted octanol–water partition coefficient (Wildman–Crippen LogP) is 3.37. The van der Waals surface area contributed by atoms with Crippen LogP contribution in [0.3, 0.4) is 0 Å². The molecule has 0 aromatic carbocycles. The van der Waals surface area contributed by atoms with Gasteiger partial charge in [0.2, 0.25) is 0 Å². The zero-order valence-electron chi connectivity index (χ0n) is 14.0. The number of nitrogens with one attached hydrogen (secondary N) is 1. The first-order valence-electron chi connectivity index (χ1n) is 8.72. The Morgan fingerprint density at radius 2 is 2.29 bits per heavy atom. The standard InChI is InChI=1S/C18H23N3O2S/c1-12-8-17(24-11-12)18(22)19-9-15-14-10-23-7-6-16(14)21(20-15)13-4-2-3-5-13/h8,11,13H,2-7,9-10H2,1H3,(H,19,22). The van der Waals surface area contributed by atoms with E-state index in [1.807, 2.05) is 18.4 Å². The third-order valence-electron chi connectivity index (χ3n) is 4.97. The highest BCUT2D eigenvalue weighted by atomic mass is 32.1. The van der Waals surface area contributed by atoms with Crippen LogP contribution in [0.1, 0.15) is 63.9 Å². The van der Waals surface area contributed by atoms with E-state index in [2.05, 4.69) is 10.00 Å². The molecule has 0 unspecified atom stereocenters. The Hall–Kier alpha value is -1.66. The van der Waals surface area contributed by atoms with Gasteiger partial charge in [-0.3, -0.25) is 9.48 Å². The Balaban J connectivity index is 1.53. The molecule has 128 valence electrons. The normalized spacial score (nSPS) is 17.9. The van der Waals surface area contributed by atoms with Gasteiger partial charge < -0.3 is 10.1 Å². The topological polar surface area (TPSA) is 56.2 Å². The summed E-state index contributed by atoms with van der Waals surface area (Å²) in [5.74, 6) is -0.0194. The predicted molar refractivity (Wildman–Crippen MR) is 93.3 cm³/mol. The molecule has 0 radical (unpaired) electrons. The largest absolute Gasteiger partial charge is 0.376 e. The first kappa shape index (κ1) is 15.8. The van der Waals surface area contributed by atoms with Crippen molar-refractivity contribution in [2.45, 2.75) is 58.2 Å². The number of carbonyl (C=O) groups excluding carboxylic acids is 1. The van der Waals surface area contributed by atoms with Gasteiger partial charge in [0.15, 0.2) is 0 Å². The molecular formula is C18H23N3O2S. The molecule has 0 atom stereocenters. The molecule has 4 rings (SSSR count). The summed E-state index contributed by atoms with van der Waals surface area (Å²) in [6.07, 6.45) is 5.95. The van der Waals surface area contributed by atoms with Crippen molar-refractivity contribution in [1.29, 1.82) is 0 Å². The van der Waals surface area contributed by atoms with E-state index in [-0.39, 0.29) is 5.91 Å². The molecule has 6 heteroatoms. The van der Waals surface area contributed by atoms with Crippen molar-refractivity contribution in [3.63, 3.8) is 0 Å². The molecule has 1 amide bonds. The van der Waals surface area contributed by atoms with Crippen LogP contribution in [0.5, 0.6) is 0 Å². The third kappa shape index (κ3) is 3.00. The van der Waals surface area contributed by atoms with Crippen molar-refractivity contribution in [3.05, 3.63) is 38.8 Å². The second-order valence-electron chi connectivity index (χ2n) is 6.73. The summed E-state index contributed by atoms with van der Waals surface area (Å²) < 4.78 is 7.88. The SMILES string of the molecule is Cc1csc(C(=O)NCc2nn(C3CCCC3)c3c2COCC3)c1. The van der Waals surface area contributed by atoms with Crippen LogP contribution in [0.15, 0.2) is 11.4 Å². The number of fused-ring (bicyclic) bond motifs is 1. The van der Waals surface area contributed by atoms with Gasteiger partial charge in [-0.05, 0) is 36.8 Å². The van der Waals surface area contributed by atoms with Crippen LogP contribution >= 0.6 is 11.3 Å². The fourth-order valence-electron chi connectivity index (χ4n) is 3.73. The van der Waals surface area contributed by atoms with E-state index in [0.29, 0.717) is 19.2 Å². The Morgan fingerprint density at radius 3 is 3.04 bits per heavy atom. The van der Waals surface area contributed by atoms with Gasteiger partial charge in [0, 0.05) is 17.7 Å². The van der Waals surface area contributed by atoms with E-state index in [9.17, 15) is 4.79 Å². The first-order valence-corrected chi connectivity index (χ1v) is 9.60. The van der Waals surface area contributed by atoms with Crippen molar-refractivity contribution >= 4 is 17.2 Å². The summed E-state index contributed by atoms with van der Waals surface area (Å²) in [4.78, 5) is 13.1. The fraction of sp³-hybridized carbons (Fsp3) is 0.556. The number of carbonyl (C=O) groups is 1. The molecule has 3 heterocycles. The number of rotatable bonds is 4. The minimum absolute atomic E-state index is 0.0194. The highest BCUT2D eigenvalue weighted by molar-refractivity contribution is 7.12. The van der Waals surface area contributed by atoms with Crippen molar-refractivity contribution in [3.8, 4) is 0 Å². The quantitative estimate of drug-likeness (QED) is 0.924. The lowest BCUT2D eigenvalue weighted by atomic mass is 10.1. The van der Waals surface area contributed by atoms with Crippen molar-refractivity contribution in [2.24, 2.45) is 0 Å². The van der Waals surface area contributed by atoms with Crippen LogP contribution in [0.25, 0.3) is 0 Å². The maximum absolute atomic E-state index is 12.3. The molecule has 1 N–H and O–H groups in total. The van der Waals surface area contributed by atoms with Gasteiger partial charge >= 0.3 is 0 Å². The van der Waals surface area contributed by atoms with Gasteiger partial charge in [-0.1, -0.05) is 12.8 Å². The molecule has 2 aromatic heterocycles. The molecule has 0 bridgehead atoms. The molecule has 5 nitrogen and oxygen atoms in total. The van der Waals surface area contributed by atoms with Crippen molar-refractivity contribution < 1.29 is 9.53 Å². The van der Waals surface area contributed by atoms with E-state index in [4.69, 9.17) is 9.84 Å². The van der Waals surface area contributed by atoms with E-state index in [1.54, 1.807) is 0 Å². The molecule has 1 aliphatic carbocycles. The molecule has 0 saturated heterocycles. The van der Waals surface area contributed by atoms with Crippen molar-refractivity contribution in [1.82, 2.24) is 15.1 Å². The second kappa shape index (κ2) is 6.69. The number of hydrogen-bond acceptors (Lipinski definition) is 4. The van der Waals surface area contributed by atoms with Gasteiger partial charge in [0.25, 0.3) is 5.91 Å². The van der Waals surface area contributed by atoms with Gasteiger partial charge in [0.05, 0.1) is 36.4 Å². The molecule has 2 aromatic rings. The zero-order valence-corrected chi connectivity index (χ0v) is 14.8. The van der Waals surface area contributed by atoms with Crippen LogP contribution in [0.2, 0.25) is 0 Å². The van der Waals surface area contributed by atoms with Gasteiger partial charge in [-0.25, -0.2) is 0 Å². The summed E-state index contributed by atoms with van der Waals surface area (Å²) in [5.41, 5.74) is 4.61. The van der Waals surface area contributed by atoms with Gasteiger partial charge in [-0.15, -0.1) is 11.3 Å². The minimum Gasteiger partial charge on any atom is -0.376 e. The summed E-state index contributed by atoms with van der Waals surface area (Å²) in [7, 11) is 0. The Morgan fingerprint density at radius 1 is 1.46 bits per heavy atom. The van der Waals surface area contributed by atoms with Gasteiger partial charge in [-0.2, -0.15) is 5.10 Å². The number of aryl methyl sites for hydroxylation is 1. The number of aromatic nitrogens is 2. The molecule has 24 heavy (non-hydrogen) atoms. The summed E-state index contributed by atoms with van der Waals surface area (Å²) in [6, 6.07) is 2.46. The summed E-state index contributed by atoms with van der Waals surface area (Å²) in [6.45, 7) is 3.86. The number of thiophene rings is 1. The minimum atomic E-state index is -0.0194. The van der Waals surface area contributed by atoms with Crippen LogP contribution < -0.4 is 5.32 Å². The lowest BCUT2D eigenvalue weighted by Gasteiger charge is -2.18. The van der Waals surface area contributed by atoms with Crippen LogP contribution in [-0.2, 0) is 24.3 Å². The van der Waals surface area contributed by atoms with Gasteiger partial charge in [0.1, 0.15) is 0 Å². The first-order chi connectivity index (χ1) is 11.7. The smallest absolute Gasteiger partial charge is 0.261 e. The number of hydrogen-bond donors (Lipinski definition) is 1. The lowest BCUT2D eigenvalue weighted by molar-refractivity contribution is 0.0951. The van der Waals surface area contributed by atoms with Crippen LogP contribution in [0, 0.1) is 6.92 Å². The molecular weight excluding hydrogens is 322 g/mol. The zero-order chi connectivity index (χ0) is 16.5. The van der Waals surface area contributed by atoms with Crippen molar-refractivity contribution in [2.75, 3.05) is 6.61 Å². The third-order valence-corrected chi connectivity index (χ3v) is 6.02. The number of nitrogens with zero attached hydrogens (tertiary/aromatic N) is 2. The molecule has 1 aliphatic heterocycles. The van der Waals surface area contributed by atoms with Crippen LogP contribution in [0.4, 0.5) is 0 Å². The monoisotopic (exact) mass is 345 g/mol. The average Bonchev–Trinajstić information content (AvgIpc) is 3.32. The number of amides is 1. The summed E-state index contributed by atoms with van der Waals surface area (Å²) in [5, 5.41) is 9.89. The maximum atomic E-state index is 12.3. The summed E-state index contributed by atoms with van der Waals surface area (Å²) >= 11 is 1.48. The second-order valence-corrected chi connectivity index (χ2v) is 7.64. The van der Waals surface area contributed by atoms with E-state index in [1.165, 1.54) is 48.3 Å². The van der Waals surface area contributed by atoms with E-state index < -0.39 is 0 Å². The highest BCUT2D eigenvalue weighted by Crippen LogP contribution is 2.33.